The van der Waals surface area contributed by atoms with Gasteiger partial charge in [-0.05, 0) is 6.42 Å². The van der Waals surface area contributed by atoms with E-state index in [1.165, 1.54) is 21.3 Å². The van der Waals surface area contributed by atoms with Gasteiger partial charge in [0.25, 0.3) is 0 Å². The van der Waals surface area contributed by atoms with Crippen LogP contribution in [0.3, 0.4) is 0 Å². The lowest BCUT2D eigenvalue weighted by molar-refractivity contribution is -0.204. The fourth-order valence-electron chi connectivity index (χ4n) is 1.61. The summed E-state index contributed by atoms with van der Waals surface area (Å²) in [5.41, 5.74) is 0. The minimum Gasteiger partial charge on any atom is -0.377 e. The summed E-state index contributed by atoms with van der Waals surface area (Å²) in [6.45, 7) is -1.11. The van der Waals surface area contributed by atoms with E-state index in [2.05, 4.69) is 0 Å². The van der Waals surface area contributed by atoms with Crippen molar-refractivity contribution in [3.8, 4) is 0 Å². The molecule has 0 aliphatic heterocycles. The van der Waals surface area contributed by atoms with Crippen molar-refractivity contribution in [2.45, 2.75) is 24.8 Å². The van der Waals surface area contributed by atoms with Crippen molar-refractivity contribution < 1.29 is 49.2 Å². The number of carbonyl (C=O) groups excluding carboxylic acids is 2. The van der Waals surface area contributed by atoms with Crippen LogP contribution in [0.25, 0.3) is 0 Å². The van der Waals surface area contributed by atoms with Crippen LogP contribution in [0.5, 0.6) is 0 Å². The summed E-state index contributed by atoms with van der Waals surface area (Å²) in [6.07, 6.45) is -11.6. The number of rotatable bonds is 7. The summed E-state index contributed by atoms with van der Waals surface area (Å²) < 4.78 is 88.8. The second-order valence-corrected chi connectivity index (χ2v) is 7.25. The smallest absolute Gasteiger partial charge is 0.377 e. The minimum atomic E-state index is -5.61. The summed E-state index contributed by atoms with van der Waals surface area (Å²) in [7, 11) is 0.322. The van der Waals surface area contributed by atoms with Crippen LogP contribution in [0.15, 0.2) is 0 Å². The van der Waals surface area contributed by atoms with Crippen LogP contribution in [0, 0.1) is 0 Å². The lowest BCUT2D eigenvalue weighted by atomic mass is 10.3. The van der Waals surface area contributed by atoms with Crippen LogP contribution in [-0.2, 0) is 22.9 Å². The van der Waals surface area contributed by atoms with Crippen LogP contribution in [0.4, 0.5) is 26.3 Å². The molecule has 0 spiro atoms. The lowest BCUT2D eigenvalue weighted by Crippen LogP contribution is -2.51. The molecule has 0 rings (SSSR count). The number of hydrogen-bond donors (Lipinski definition) is 0. The van der Waals surface area contributed by atoms with Gasteiger partial charge in [0.05, 0.1) is 0 Å². The first-order chi connectivity index (χ1) is 10.3. The molecule has 0 N–H and O–H groups in total. The zero-order chi connectivity index (χ0) is 18.5. The van der Waals surface area contributed by atoms with Crippen LogP contribution in [0.2, 0.25) is 6.04 Å². The highest BCUT2D eigenvalue weighted by molar-refractivity contribution is 6.60. The first kappa shape index (κ1) is 21.8. The molecule has 0 fully saturated rings. The standard InChI is InChI=1S/C10H15F6NO5Si/c1-20-23(21-2,22-3)6-4-5-17(7(18)9(11,12)13)8(19)10(14,15)16/h4-6H2,1-3H3. The molecule has 13 heteroatoms. The van der Waals surface area contributed by atoms with Crippen molar-refractivity contribution in [1.82, 2.24) is 4.90 Å². The zero-order valence-electron chi connectivity index (χ0n) is 12.4. The molecule has 0 aromatic rings. The van der Waals surface area contributed by atoms with Gasteiger partial charge in [-0.1, -0.05) is 0 Å². The Morgan fingerprint density at radius 2 is 1.22 bits per heavy atom. The van der Waals surface area contributed by atoms with Crippen molar-refractivity contribution in [3.05, 3.63) is 0 Å². The summed E-state index contributed by atoms with van der Waals surface area (Å²) in [5, 5.41) is 0. The Bertz CT molecular complexity index is 389. The van der Waals surface area contributed by atoms with Gasteiger partial charge in [0.15, 0.2) is 0 Å². The lowest BCUT2D eigenvalue weighted by Gasteiger charge is -2.26. The monoisotopic (exact) mass is 371 g/mol. The molecule has 0 saturated heterocycles. The number of hydrogen-bond acceptors (Lipinski definition) is 5. The fourth-order valence-corrected chi connectivity index (χ4v) is 3.31. The second-order valence-electron chi connectivity index (χ2n) is 4.16. The molecule has 23 heavy (non-hydrogen) atoms. The maximum Gasteiger partial charge on any atom is 0.500 e. The van der Waals surface area contributed by atoms with E-state index in [-0.39, 0.29) is 6.04 Å². The van der Waals surface area contributed by atoms with Gasteiger partial charge in [-0.2, -0.15) is 26.3 Å². The molecule has 0 radical (unpaired) electrons. The molecular weight excluding hydrogens is 356 g/mol. The summed E-state index contributed by atoms with van der Waals surface area (Å²) in [5.74, 6) is -5.78. The molecule has 6 nitrogen and oxygen atoms in total. The molecule has 0 atom stereocenters. The number of alkyl halides is 6. The van der Waals surface area contributed by atoms with Gasteiger partial charge in [-0.3, -0.25) is 14.5 Å². The first-order valence-electron chi connectivity index (χ1n) is 6.00. The molecule has 2 amide bonds. The Morgan fingerprint density at radius 1 is 0.870 bits per heavy atom. The van der Waals surface area contributed by atoms with E-state index in [1.807, 2.05) is 0 Å². The van der Waals surface area contributed by atoms with Crippen molar-refractivity contribution in [1.29, 1.82) is 0 Å². The zero-order valence-corrected chi connectivity index (χ0v) is 13.4. The van der Waals surface area contributed by atoms with Crippen molar-refractivity contribution in [2.24, 2.45) is 0 Å². The average Bonchev–Trinajstić information content (AvgIpc) is 2.45. The topological polar surface area (TPSA) is 65.1 Å². The SMILES string of the molecule is CO[Si](CCCN(C(=O)C(F)(F)F)C(=O)C(F)(F)F)(OC)OC. The number of carbonyl (C=O) groups is 2. The predicted octanol–water partition coefficient (Wildman–Crippen LogP) is 1.73. The van der Waals surface area contributed by atoms with E-state index in [9.17, 15) is 35.9 Å². The Morgan fingerprint density at radius 3 is 1.48 bits per heavy atom. The summed E-state index contributed by atoms with van der Waals surface area (Å²) in [4.78, 5) is 21.1. The van der Waals surface area contributed by atoms with Gasteiger partial charge >= 0.3 is 33.0 Å². The third-order valence-electron chi connectivity index (χ3n) is 2.77. The summed E-state index contributed by atoms with van der Waals surface area (Å²) in [6, 6.07) is -0.191. The Balaban J connectivity index is 5.13. The van der Waals surface area contributed by atoms with E-state index in [1.54, 1.807) is 0 Å². The van der Waals surface area contributed by atoms with Crippen LogP contribution in [-0.4, -0.2) is 65.7 Å². The molecule has 0 aromatic heterocycles. The normalized spacial score (nSPS) is 13.1. The number of amides is 2. The van der Waals surface area contributed by atoms with Gasteiger partial charge in [-0.15, -0.1) is 0 Å². The van der Waals surface area contributed by atoms with Crippen molar-refractivity contribution >= 4 is 20.6 Å². The maximum absolute atomic E-state index is 12.3. The predicted molar refractivity (Wildman–Crippen MR) is 65.0 cm³/mol. The number of halogens is 6. The molecule has 136 valence electrons. The largest absolute Gasteiger partial charge is 0.500 e. The molecule has 0 bridgehead atoms. The molecular formula is C10H15F6NO5Si. The Labute approximate surface area is 128 Å². The van der Waals surface area contributed by atoms with Crippen LogP contribution >= 0.6 is 0 Å². The van der Waals surface area contributed by atoms with Gasteiger partial charge in [-0.25, -0.2) is 0 Å². The van der Waals surface area contributed by atoms with E-state index in [0.717, 1.165) is 0 Å². The average molecular weight is 371 g/mol. The molecule has 0 aromatic carbocycles. The second kappa shape index (κ2) is 8.08. The highest BCUT2D eigenvalue weighted by Crippen LogP contribution is 2.25. The van der Waals surface area contributed by atoms with E-state index in [4.69, 9.17) is 13.3 Å². The van der Waals surface area contributed by atoms with Gasteiger partial charge < -0.3 is 13.3 Å². The van der Waals surface area contributed by atoms with Gasteiger partial charge in [0.2, 0.25) is 0 Å². The van der Waals surface area contributed by atoms with Gasteiger partial charge in [0.1, 0.15) is 0 Å². The van der Waals surface area contributed by atoms with Gasteiger partial charge in [0, 0.05) is 33.9 Å². The maximum atomic E-state index is 12.3. The fraction of sp³-hybridized carbons (Fsp3) is 0.800. The summed E-state index contributed by atoms with van der Waals surface area (Å²) >= 11 is 0. The molecule has 0 aliphatic carbocycles. The number of imide groups is 1. The van der Waals surface area contributed by atoms with E-state index in [0.29, 0.717) is 0 Å². The highest BCUT2D eigenvalue weighted by atomic mass is 28.4. The molecule has 0 heterocycles. The van der Waals surface area contributed by atoms with Crippen molar-refractivity contribution in [3.63, 3.8) is 0 Å². The van der Waals surface area contributed by atoms with E-state index < -0.39 is 50.8 Å². The third-order valence-corrected chi connectivity index (χ3v) is 5.60. The first-order valence-corrected chi connectivity index (χ1v) is 7.93. The number of nitrogens with zero attached hydrogens (tertiary/aromatic N) is 1. The molecule has 0 aliphatic rings. The minimum absolute atomic E-state index is 0.191. The van der Waals surface area contributed by atoms with Crippen LogP contribution < -0.4 is 0 Å². The Kier molecular flexibility index (Phi) is 7.66. The molecule has 0 saturated carbocycles. The quantitative estimate of drug-likeness (QED) is 0.504. The van der Waals surface area contributed by atoms with E-state index >= 15 is 0 Å². The Hall–Kier alpha value is -1.18. The van der Waals surface area contributed by atoms with Crippen molar-refractivity contribution in [2.75, 3.05) is 27.9 Å². The molecule has 0 unspecified atom stereocenters. The highest BCUT2D eigenvalue weighted by Gasteiger charge is 2.52. The third kappa shape index (κ3) is 6.08. The van der Waals surface area contributed by atoms with Crippen LogP contribution in [0.1, 0.15) is 6.42 Å².